The fourth-order valence-corrected chi connectivity index (χ4v) is 3.43. The second-order valence-electron chi connectivity index (χ2n) is 6.32. The highest BCUT2D eigenvalue weighted by atomic mass is 16.4. The predicted molar refractivity (Wildman–Crippen MR) is 96.4 cm³/mol. The third-order valence-electron chi connectivity index (χ3n) is 4.79. The third-order valence-corrected chi connectivity index (χ3v) is 4.79. The van der Waals surface area contributed by atoms with Gasteiger partial charge >= 0.3 is 5.97 Å². The summed E-state index contributed by atoms with van der Waals surface area (Å²) in [5.41, 5.74) is 2.79. The Morgan fingerprint density at radius 2 is 1.65 bits per heavy atom. The van der Waals surface area contributed by atoms with E-state index in [1.807, 2.05) is 24.3 Å². The van der Waals surface area contributed by atoms with E-state index >= 15 is 0 Å². The first-order valence-electron chi connectivity index (χ1n) is 8.30. The molecule has 0 unspecified atom stereocenters. The van der Waals surface area contributed by atoms with E-state index in [9.17, 15) is 14.4 Å². The standard InChI is InChI=1S/C20H16N2O4/c23-18-16-11-22(19(24)12-5-7-13(8-6-12)20(25)26)10-9-14(16)15-3-1-2-4-17(15)21-18/h1-8H,9-11H2,(H,21,23)(H,25,26). The highest BCUT2D eigenvalue weighted by Gasteiger charge is 2.25. The quantitative estimate of drug-likeness (QED) is 0.744. The number of pyridine rings is 1. The van der Waals surface area contributed by atoms with Crippen LogP contribution in [0.1, 0.15) is 31.8 Å². The smallest absolute Gasteiger partial charge is 0.335 e. The number of carboxylic acid groups (broad SMARTS) is 1. The maximum atomic E-state index is 12.7. The van der Waals surface area contributed by atoms with Gasteiger partial charge in [-0.1, -0.05) is 18.2 Å². The first-order valence-corrected chi connectivity index (χ1v) is 8.30. The molecule has 4 rings (SSSR count). The molecular formula is C20H16N2O4. The zero-order valence-corrected chi connectivity index (χ0v) is 13.9. The van der Waals surface area contributed by atoms with E-state index in [0.29, 0.717) is 24.1 Å². The van der Waals surface area contributed by atoms with Crippen molar-refractivity contribution in [3.63, 3.8) is 0 Å². The zero-order chi connectivity index (χ0) is 18.3. The summed E-state index contributed by atoms with van der Waals surface area (Å²) in [5.74, 6) is -1.24. The molecule has 130 valence electrons. The van der Waals surface area contributed by atoms with Gasteiger partial charge in [-0.3, -0.25) is 9.59 Å². The van der Waals surface area contributed by atoms with Crippen molar-refractivity contribution in [3.8, 4) is 0 Å². The molecule has 0 saturated heterocycles. The molecule has 0 atom stereocenters. The van der Waals surface area contributed by atoms with Crippen LogP contribution >= 0.6 is 0 Å². The molecular weight excluding hydrogens is 332 g/mol. The molecule has 0 radical (unpaired) electrons. The monoisotopic (exact) mass is 348 g/mol. The number of aromatic carboxylic acids is 1. The molecule has 6 heteroatoms. The van der Waals surface area contributed by atoms with E-state index in [2.05, 4.69) is 4.98 Å². The van der Waals surface area contributed by atoms with Crippen LogP contribution < -0.4 is 5.56 Å². The average Bonchev–Trinajstić information content (AvgIpc) is 2.67. The summed E-state index contributed by atoms with van der Waals surface area (Å²) in [7, 11) is 0. The first kappa shape index (κ1) is 16.1. The van der Waals surface area contributed by atoms with E-state index in [1.165, 1.54) is 24.3 Å². The van der Waals surface area contributed by atoms with Crippen molar-refractivity contribution in [2.45, 2.75) is 13.0 Å². The number of carbonyl (C=O) groups excluding carboxylic acids is 1. The predicted octanol–water partition coefficient (Wildman–Crippen LogP) is 2.42. The van der Waals surface area contributed by atoms with Gasteiger partial charge in [-0.05, 0) is 42.3 Å². The molecule has 0 fully saturated rings. The Hall–Kier alpha value is -3.41. The molecule has 2 aromatic carbocycles. The van der Waals surface area contributed by atoms with Crippen LogP contribution in [0.5, 0.6) is 0 Å². The molecule has 1 aromatic heterocycles. The molecule has 1 aliphatic rings. The van der Waals surface area contributed by atoms with Crippen molar-refractivity contribution in [1.29, 1.82) is 0 Å². The number of fused-ring (bicyclic) bond motifs is 3. The number of H-pyrrole nitrogens is 1. The lowest BCUT2D eigenvalue weighted by Crippen LogP contribution is -2.39. The number of para-hydroxylation sites is 1. The van der Waals surface area contributed by atoms with Crippen LogP contribution in [-0.4, -0.2) is 33.4 Å². The zero-order valence-electron chi connectivity index (χ0n) is 13.9. The lowest BCUT2D eigenvalue weighted by Gasteiger charge is -2.29. The van der Waals surface area contributed by atoms with E-state index in [-0.39, 0.29) is 23.6 Å². The van der Waals surface area contributed by atoms with E-state index in [0.717, 1.165) is 16.5 Å². The van der Waals surface area contributed by atoms with Gasteiger partial charge in [-0.2, -0.15) is 0 Å². The molecule has 0 bridgehead atoms. The first-order chi connectivity index (χ1) is 12.5. The van der Waals surface area contributed by atoms with E-state index in [1.54, 1.807) is 4.90 Å². The minimum atomic E-state index is -1.03. The van der Waals surface area contributed by atoms with Crippen LogP contribution in [0, 0.1) is 0 Å². The second-order valence-corrected chi connectivity index (χ2v) is 6.32. The summed E-state index contributed by atoms with van der Waals surface area (Å²) >= 11 is 0. The fourth-order valence-electron chi connectivity index (χ4n) is 3.43. The SMILES string of the molecule is O=C(O)c1ccc(C(=O)N2CCc3c(c(=O)[nH]c4ccccc34)C2)cc1. The van der Waals surface area contributed by atoms with Gasteiger partial charge < -0.3 is 15.0 Å². The number of amides is 1. The highest BCUT2D eigenvalue weighted by molar-refractivity contribution is 5.96. The summed E-state index contributed by atoms with van der Waals surface area (Å²) in [6.07, 6.45) is 0.610. The third kappa shape index (κ3) is 2.65. The van der Waals surface area contributed by atoms with Crippen LogP contribution in [-0.2, 0) is 13.0 Å². The number of carbonyl (C=O) groups is 2. The number of rotatable bonds is 2. The Morgan fingerprint density at radius 1 is 0.962 bits per heavy atom. The van der Waals surface area contributed by atoms with E-state index in [4.69, 9.17) is 5.11 Å². The van der Waals surface area contributed by atoms with Gasteiger partial charge in [0.05, 0.1) is 12.1 Å². The summed E-state index contributed by atoms with van der Waals surface area (Å²) in [5, 5.41) is 9.97. The Bertz CT molecular complexity index is 1080. The van der Waals surface area contributed by atoms with Crippen molar-refractivity contribution in [1.82, 2.24) is 9.88 Å². The van der Waals surface area contributed by atoms with Gasteiger partial charge in [0, 0.05) is 28.6 Å². The van der Waals surface area contributed by atoms with Crippen LogP contribution in [0.4, 0.5) is 0 Å². The average molecular weight is 348 g/mol. The molecule has 2 heterocycles. The molecule has 6 nitrogen and oxygen atoms in total. The lowest BCUT2D eigenvalue weighted by atomic mass is 9.96. The maximum absolute atomic E-state index is 12.7. The van der Waals surface area contributed by atoms with Gasteiger partial charge in [0.25, 0.3) is 11.5 Å². The molecule has 0 spiro atoms. The summed E-state index contributed by atoms with van der Waals surface area (Å²) in [6.45, 7) is 0.759. The second kappa shape index (κ2) is 6.15. The normalized spacial score (nSPS) is 13.5. The maximum Gasteiger partial charge on any atom is 0.335 e. The summed E-state index contributed by atoms with van der Waals surface area (Å²) in [4.78, 5) is 40.6. The summed E-state index contributed by atoms with van der Waals surface area (Å²) < 4.78 is 0. The number of nitrogens with zero attached hydrogens (tertiary/aromatic N) is 1. The minimum Gasteiger partial charge on any atom is -0.478 e. The van der Waals surface area contributed by atoms with Crippen LogP contribution in [0.2, 0.25) is 0 Å². The number of aromatic nitrogens is 1. The van der Waals surface area contributed by atoms with Crippen LogP contribution in [0.3, 0.4) is 0 Å². The summed E-state index contributed by atoms with van der Waals surface area (Å²) in [6, 6.07) is 13.5. The van der Waals surface area contributed by atoms with Crippen molar-refractivity contribution < 1.29 is 14.7 Å². The Morgan fingerprint density at radius 3 is 2.38 bits per heavy atom. The minimum absolute atomic E-state index is 0.133. The lowest BCUT2D eigenvalue weighted by molar-refractivity contribution is 0.0692. The molecule has 0 saturated carbocycles. The van der Waals surface area contributed by atoms with E-state index < -0.39 is 5.97 Å². The topological polar surface area (TPSA) is 90.5 Å². The Labute approximate surface area is 148 Å². The number of hydrogen-bond donors (Lipinski definition) is 2. The van der Waals surface area contributed by atoms with Crippen LogP contribution in [0.25, 0.3) is 10.9 Å². The van der Waals surface area contributed by atoms with Gasteiger partial charge in [0.1, 0.15) is 0 Å². The van der Waals surface area contributed by atoms with Gasteiger partial charge in [0.15, 0.2) is 0 Å². The Balaban J connectivity index is 1.66. The molecule has 1 amide bonds. The largest absolute Gasteiger partial charge is 0.478 e. The number of carboxylic acids is 1. The molecule has 2 N–H and O–H groups in total. The highest BCUT2D eigenvalue weighted by Crippen LogP contribution is 2.24. The van der Waals surface area contributed by atoms with Gasteiger partial charge in [-0.25, -0.2) is 4.79 Å². The van der Waals surface area contributed by atoms with Crippen LogP contribution in [0.15, 0.2) is 53.3 Å². The number of nitrogens with one attached hydrogen (secondary N) is 1. The molecule has 26 heavy (non-hydrogen) atoms. The van der Waals surface area contributed by atoms with Gasteiger partial charge in [-0.15, -0.1) is 0 Å². The van der Waals surface area contributed by atoms with Crippen molar-refractivity contribution in [2.24, 2.45) is 0 Å². The van der Waals surface area contributed by atoms with Crippen molar-refractivity contribution >= 4 is 22.8 Å². The van der Waals surface area contributed by atoms with Crippen molar-refractivity contribution in [3.05, 3.63) is 81.1 Å². The number of benzene rings is 2. The fraction of sp³-hybridized carbons (Fsp3) is 0.150. The molecule has 0 aliphatic carbocycles. The van der Waals surface area contributed by atoms with Gasteiger partial charge in [0.2, 0.25) is 0 Å². The number of hydrogen-bond acceptors (Lipinski definition) is 3. The molecule has 1 aliphatic heterocycles. The Kier molecular flexibility index (Phi) is 3.80. The van der Waals surface area contributed by atoms with Crippen molar-refractivity contribution in [2.75, 3.05) is 6.54 Å². The molecule has 3 aromatic rings. The number of aromatic amines is 1.